The number of amides is 1. The molecule has 1 aliphatic heterocycles. The zero-order valence-corrected chi connectivity index (χ0v) is 15.7. The summed E-state index contributed by atoms with van der Waals surface area (Å²) in [7, 11) is 2.05. The summed E-state index contributed by atoms with van der Waals surface area (Å²) in [6, 6.07) is 21.9. The fraction of sp³-hybridized carbons (Fsp3) is 0.364. The zero-order valence-electron chi connectivity index (χ0n) is 15.7. The molecule has 0 unspecified atom stereocenters. The van der Waals surface area contributed by atoms with Gasteiger partial charge in [0.1, 0.15) is 5.41 Å². The van der Waals surface area contributed by atoms with Crippen LogP contribution >= 0.6 is 0 Å². The van der Waals surface area contributed by atoms with E-state index in [0.29, 0.717) is 19.5 Å². The van der Waals surface area contributed by atoms with Crippen LogP contribution in [0.3, 0.4) is 0 Å². The minimum atomic E-state index is -0.842. The molecule has 0 atom stereocenters. The number of carbonyl (C=O) groups is 1. The van der Waals surface area contributed by atoms with Gasteiger partial charge in [-0.15, -0.1) is 0 Å². The van der Waals surface area contributed by atoms with Crippen LogP contribution in [0.5, 0.6) is 0 Å². The molecule has 0 aliphatic carbocycles. The van der Waals surface area contributed by atoms with Crippen molar-refractivity contribution >= 4 is 6.09 Å². The van der Waals surface area contributed by atoms with Gasteiger partial charge in [0.15, 0.2) is 0 Å². The van der Waals surface area contributed by atoms with Crippen LogP contribution in [0.4, 0.5) is 4.79 Å². The summed E-state index contributed by atoms with van der Waals surface area (Å²) in [4.78, 5) is 16.3. The molecule has 1 saturated heterocycles. The van der Waals surface area contributed by atoms with Crippen molar-refractivity contribution in [2.45, 2.75) is 11.8 Å². The van der Waals surface area contributed by atoms with Gasteiger partial charge in [0.05, 0.1) is 12.7 Å². The largest absolute Gasteiger partial charge is 0.449 e. The number of nitrogens with zero attached hydrogens (tertiary/aromatic N) is 3. The van der Waals surface area contributed by atoms with E-state index < -0.39 is 5.41 Å². The number of hydrogen-bond acceptors (Lipinski definition) is 4. The summed E-state index contributed by atoms with van der Waals surface area (Å²) in [5.41, 5.74) is 0.981. The Balaban J connectivity index is 1.73. The van der Waals surface area contributed by atoms with Crippen LogP contribution in [0.25, 0.3) is 0 Å². The van der Waals surface area contributed by atoms with Crippen molar-refractivity contribution in [2.75, 3.05) is 39.8 Å². The van der Waals surface area contributed by atoms with Gasteiger partial charge >= 0.3 is 6.09 Å². The number of hydrogen-bond donors (Lipinski definition) is 0. The molecule has 1 amide bonds. The molecule has 1 fully saturated rings. The third-order valence-electron chi connectivity index (χ3n) is 5.19. The highest BCUT2D eigenvalue weighted by atomic mass is 16.6. The molecular weight excluding hydrogens is 338 g/mol. The Bertz CT molecular complexity index is 739. The maximum atomic E-state index is 12.4. The summed E-state index contributed by atoms with van der Waals surface area (Å²) in [5.74, 6) is 0. The van der Waals surface area contributed by atoms with E-state index >= 15 is 0 Å². The van der Waals surface area contributed by atoms with Gasteiger partial charge in [-0.25, -0.2) is 4.79 Å². The maximum absolute atomic E-state index is 12.4. The van der Waals surface area contributed by atoms with Crippen molar-refractivity contribution in [1.29, 1.82) is 5.26 Å². The minimum absolute atomic E-state index is 0.197. The van der Waals surface area contributed by atoms with E-state index in [9.17, 15) is 10.1 Å². The molecule has 0 radical (unpaired) electrons. The smallest absolute Gasteiger partial charge is 0.409 e. The summed E-state index contributed by atoms with van der Waals surface area (Å²) >= 11 is 0. The highest BCUT2D eigenvalue weighted by molar-refractivity contribution is 5.67. The number of rotatable bonds is 5. The number of benzene rings is 2. The van der Waals surface area contributed by atoms with Crippen molar-refractivity contribution in [3.63, 3.8) is 0 Å². The van der Waals surface area contributed by atoms with E-state index in [1.54, 1.807) is 4.90 Å². The fourth-order valence-corrected chi connectivity index (χ4v) is 3.46. The van der Waals surface area contributed by atoms with Crippen molar-refractivity contribution in [1.82, 2.24) is 9.80 Å². The van der Waals surface area contributed by atoms with E-state index in [2.05, 4.69) is 11.0 Å². The molecule has 2 aromatic carbocycles. The second kappa shape index (κ2) is 8.70. The third kappa shape index (κ3) is 4.29. The molecule has 1 heterocycles. The van der Waals surface area contributed by atoms with E-state index in [1.165, 1.54) is 0 Å². The van der Waals surface area contributed by atoms with Gasteiger partial charge in [0.25, 0.3) is 0 Å². The first kappa shape index (κ1) is 18.9. The van der Waals surface area contributed by atoms with E-state index in [1.807, 2.05) is 67.7 Å². The molecule has 3 rings (SSSR count). The molecule has 0 aromatic heterocycles. The quantitative estimate of drug-likeness (QED) is 0.818. The number of carbonyl (C=O) groups excluding carboxylic acids is 1. The Morgan fingerprint density at radius 1 is 1.00 bits per heavy atom. The molecule has 0 spiro atoms. The zero-order chi connectivity index (χ0) is 19.1. The van der Waals surface area contributed by atoms with Crippen LogP contribution < -0.4 is 0 Å². The Hall–Kier alpha value is -2.84. The van der Waals surface area contributed by atoms with Crippen molar-refractivity contribution in [3.05, 3.63) is 71.8 Å². The molecular formula is C22H25N3O2. The summed E-state index contributed by atoms with van der Waals surface area (Å²) in [6.45, 7) is 3.26. The van der Waals surface area contributed by atoms with Gasteiger partial charge in [-0.1, -0.05) is 60.7 Å². The number of nitriles is 1. The monoisotopic (exact) mass is 363 g/mol. The fourth-order valence-electron chi connectivity index (χ4n) is 3.46. The van der Waals surface area contributed by atoms with Gasteiger partial charge in [-0.3, -0.25) is 0 Å². The Labute approximate surface area is 160 Å². The summed E-state index contributed by atoms with van der Waals surface area (Å²) in [5, 5.41) is 10.1. The molecule has 0 saturated carbocycles. The first-order chi connectivity index (χ1) is 13.2. The minimum Gasteiger partial charge on any atom is -0.449 e. The molecule has 5 nitrogen and oxygen atoms in total. The molecule has 0 bridgehead atoms. The van der Waals surface area contributed by atoms with Crippen LogP contribution in [0.1, 0.15) is 17.5 Å². The van der Waals surface area contributed by atoms with Crippen molar-refractivity contribution in [3.8, 4) is 6.07 Å². The van der Waals surface area contributed by atoms with Gasteiger partial charge in [-0.2, -0.15) is 5.26 Å². The number of ether oxygens (including phenoxy) is 1. The van der Waals surface area contributed by atoms with E-state index in [4.69, 9.17) is 4.74 Å². The maximum Gasteiger partial charge on any atom is 0.409 e. The molecule has 140 valence electrons. The summed E-state index contributed by atoms with van der Waals surface area (Å²) in [6.07, 6.45) is 0.118. The third-order valence-corrected chi connectivity index (χ3v) is 5.19. The molecule has 0 N–H and O–H groups in total. The molecule has 5 heteroatoms. The second-order valence-corrected chi connectivity index (χ2v) is 6.90. The predicted octanol–water partition coefficient (Wildman–Crippen LogP) is 3.27. The lowest BCUT2D eigenvalue weighted by Gasteiger charge is -2.32. The van der Waals surface area contributed by atoms with E-state index in [-0.39, 0.29) is 12.7 Å². The average molecular weight is 363 g/mol. The standard InChI is InChI=1S/C22H25N3O2/c1-24-13-15-25(16-14-24)21(26)27-17-12-22(18-23,19-8-4-2-5-9-19)20-10-6-3-7-11-20/h2-11H,12-17H2,1H3. The Kier molecular flexibility index (Phi) is 6.10. The number of likely N-dealkylation sites (N-methyl/N-ethyl adjacent to an activating group) is 1. The highest BCUT2D eigenvalue weighted by Gasteiger charge is 2.35. The second-order valence-electron chi connectivity index (χ2n) is 6.90. The van der Waals surface area contributed by atoms with Crippen LogP contribution in [-0.2, 0) is 10.2 Å². The van der Waals surface area contributed by atoms with Crippen LogP contribution in [0.2, 0.25) is 0 Å². The SMILES string of the molecule is CN1CCN(C(=O)OCCC(C#N)(c2ccccc2)c2ccccc2)CC1. The van der Waals surface area contributed by atoms with Gasteiger partial charge in [0, 0.05) is 32.6 Å². The molecule has 2 aromatic rings. The Morgan fingerprint density at radius 2 is 1.52 bits per heavy atom. The van der Waals surface area contributed by atoms with Gasteiger partial charge in [-0.05, 0) is 18.2 Å². The lowest BCUT2D eigenvalue weighted by atomic mass is 9.73. The first-order valence-electron chi connectivity index (χ1n) is 9.28. The average Bonchev–Trinajstić information content (AvgIpc) is 2.73. The van der Waals surface area contributed by atoms with Crippen LogP contribution in [0, 0.1) is 11.3 Å². The first-order valence-corrected chi connectivity index (χ1v) is 9.28. The predicted molar refractivity (Wildman–Crippen MR) is 104 cm³/mol. The lowest BCUT2D eigenvalue weighted by Crippen LogP contribution is -2.47. The lowest BCUT2D eigenvalue weighted by molar-refractivity contribution is 0.0789. The topological polar surface area (TPSA) is 56.6 Å². The van der Waals surface area contributed by atoms with Crippen LogP contribution in [-0.4, -0.2) is 55.7 Å². The normalized spacial score (nSPS) is 15.2. The van der Waals surface area contributed by atoms with E-state index in [0.717, 1.165) is 24.2 Å². The van der Waals surface area contributed by atoms with Crippen molar-refractivity contribution < 1.29 is 9.53 Å². The van der Waals surface area contributed by atoms with Gasteiger partial charge < -0.3 is 14.5 Å². The molecule has 27 heavy (non-hydrogen) atoms. The Morgan fingerprint density at radius 3 is 2.00 bits per heavy atom. The number of piperazine rings is 1. The van der Waals surface area contributed by atoms with Crippen LogP contribution in [0.15, 0.2) is 60.7 Å². The summed E-state index contributed by atoms with van der Waals surface area (Å²) < 4.78 is 5.53. The van der Waals surface area contributed by atoms with Crippen molar-refractivity contribution in [2.24, 2.45) is 0 Å². The molecule has 1 aliphatic rings. The highest BCUT2D eigenvalue weighted by Crippen LogP contribution is 2.35. The van der Waals surface area contributed by atoms with Gasteiger partial charge in [0.2, 0.25) is 0 Å².